The van der Waals surface area contributed by atoms with Crippen LogP contribution in [-0.4, -0.2) is 51.1 Å². The number of nitrogens with zero attached hydrogens (tertiary/aromatic N) is 2. The first kappa shape index (κ1) is 21.4. The van der Waals surface area contributed by atoms with Gasteiger partial charge in [0.25, 0.3) is 0 Å². The summed E-state index contributed by atoms with van der Waals surface area (Å²) in [5.74, 6) is 0. The standard InChI is InChI=1S/C25H36N2/c1-26(2)20-10-15-23(16-11-21-27(3)4)25-17-9-8-14-24(25)19-18-22-12-6-5-7-13-22/h5-9,12-15,17H,10-11,16,18-21H2,1-4H3/b23-15-. The predicted molar refractivity (Wildman–Crippen MR) is 119 cm³/mol. The molecule has 27 heavy (non-hydrogen) atoms. The Balaban J connectivity index is 2.14. The summed E-state index contributed by atoms with van der Waals surface area (Å²) >= 11 is 0. The molecule has 2 aromatic rings. The van der Waals surface area contributed by atoms with Crippen LogP contribution in [0, 0.1) is 0 Å². The van der Waals surface area contributed by atoms with Crippen LogP contribution < -0.4 is 0 Å². The van der Waals surface area contributed by atoms with E-state index in [0.29, 0.717) is 0 Å². The van der Waals surface area contributed by atoms with Gasteiger partial charge in [-0.1, -0.05) is 60.7 Å². The van der Waals surface area contributed by atoms with E-state index in [0.717, 1.165) is 38.8 Å². The molecule has 0 fully saturated rings. The first-order valence-electron chi connectivity index (χ1n) is 10.2. The fourth-order valence-electron chi connectivity index (χ4n) is 3.40. The Labute approximate surface area is 166 Å². The molecule has 146 valence electrons. The van der Waals surface area contributed by atoms with Crippen LogP contribution in [-0.2, 0) is 12.8 Å². The maximum atomic E-state index is 2.47. The van der Waals surface area contributed by atoms with Crippen molar-refractivity contribution in [3.63, 3.8) is 0 Å². The second-order valence-electron chi connectivity index (χ2n) is 7.87. The summed E-state index contributed by atoms with van der Waals surface area (Å²) in [6.07, 6.45) is 8.12. The fraction of sp³-hybridized carbons (Fsp3) is 0.440. The van der Waals surface area contributed by atoms with Gasteiger partial charge < -0.3 is 9.80 Å². The van der Waals surface area contributed by atoms with Gasteiger partial charge in [-0.25, -0.2) is 0 Å². The Hall–Kier alpha value is -1.90. The zero-order valence-electron chi connectivity index (χ0n) is 17.6. The van der Waals surface area contributed by atoms with Crippen LogP contribution in [0.1, 0.15) is 36.0 Å². The first-order chi connectivity index (χ1) is 13.1. The molecule has 2 aromatic carbocycles. The zero-order chi connectivity index (χ0) is 19.5. The third-order valence-electron chi connectivity index (χ3n) is 4.91. The normalized spacial score (nSPS) is 12.1. The minimum Gasteiger partial charge on any atom is -0.309 e. The maximum Gasteiger partial charge on any atom is 0.00100 e. The molecule has 2 heteroatoms. The smallest absolute Gasteiger partial charge is 0.00100 e. The van der Waals surface area contributed by atoms with Crippen molar-refractivity contribution in [2.24, 2.45) is 0 Å². The van der Waals surface area contributed by atoms with Gasteiger partial charge in [-0.05, 0) is 89.1 Å². The van der Waals surface area contributed by atoms with Crippen molar-refractivity contribution >= 4 is 5.57 Å². The van der Waals surface area contributed by atoms with E-state index in [2.05, 4.69) is 98.7 Å². The molecule has 0 spiro atoms. The van der Waals surface area contributed by atoms with E-state index in [1.807, 2.05) is 0 Å². The quantitative estimate of drug-likeness (QED) is 0.544. The topological polar surface area (TPSA) is 6.48 Å². The summed E-state index contributed by atoms with van der Waals surface area (Å²) in [5.41, 5.74) is 5.86. The summed E-state index contributed by atoms with van der Waals surface area (Å²) < 4.78 is 0. The lowest BCUT2D eigenvalue weighted by Crippen LogP contribution is -2.13. The predicted octanol–water partition coefficient (Wildman–Crippen LogP) is 5.15. The van der Waals surface area contributed by atoms with E-state index < -0.39 is 0 Å². The van der Waals surface area contributed by atoms with Crippen molar-refractivity contribution < 1.29 is 0 Å². The van der Waals surface area contributed by atoms with Gasteiger partial charge in [-0.2, -0.15) is 0 Å². The molecule has 0 atom stereocenters. The molecule has 0 radical (unpaired) electrons. The number of hydrogen-bond donors (Lipinski definition) is 0. The van der Waals surface area contributed by atoms with E-state index in [1.165, 1.54) is 28.7 Å². The summed E-state index contributed by atoms with van der Waals surface area (Å²) in [6, 6.07) is 19.8. The highest BCUT2D eigenvalue weighted by molar-refractivity contribution is 5.68. The van der Waals surface area contributed by atoms with Crippen molar-refractivity contribution in [2.45, 2.75) is 32.1 Å². The Kier molecular flexibility index (Phi) is 9.30. The number of aryl methyl sites for hydroxylation is 2. The molecule has 0 unspecified atom stereocenters. The number of benzene rings is 2. The molecule has 0 saturated carbocycles. The second kappa shape index (κ2) is 11.7. The Morgan fingerprint density at radius 1 is 0.778 bits per heavy atom. The molecule has 0 aromatic heterocycles. The summed E-state index contributed by atoms with van der Waals surface area (Å²) in [4.78, 5) is 4.54. The van der Waals surface area contributed by atoms with E-state index >= 15 is 0 Å². The van der Waals surface area contributed by atoms with Gasteiger partial charge in [0, 0.05) is 6.54 Å². The number of allylic oxidation sites excluding steroid dienone is 1. The highest BCUT2D eigenvalue weighted by atomic mass is 15.0. The second-order valence-corrected chi connectivity index (χ2v) is 7.87. The molecule has 0 saturated heterocycles. The average molecular weight is 365 g/mol. The fourth-order valence-corrected chi connectivity index (χ4v) is 3.40. The van der Waals surface area contributed by atoms with Gasteiger partial charge in [0.15, 0.2) is 0 Å². The highest BCUT2D eigenvalue weighted by Gasteiger charge is 2.08. The summed E-state index contributed by atoms with van der Waals surface area (Å²) in [5, 5.41) is 0. The molecule has 0 aliphatic carbocycles. The zero-order valence-corrected chi connectivity index (χ0v) is 17.6. The average Bonchev–Trinajstić information content (AvgIpc) is 2.66. The molecule has 0 amide bonds. The van der Waals surface area contributed by atoms with E-state index in [9.17, 15) is 0 Å². The van der Waals surface area contributed by atoms with E-state index in [4.69, 9.17) is 0 Å². The van der Waals surface area contributed by atoms with Gasteiger partial charge in [0.1, 0.15) is 0 Å². The molecule has 2 rings (SSSR count). The lowest BCUT2D eigenvalue weighted by atomic mass is 9.92. The highest BCUT2D eigenvalue weighted by Crippen LogP contribution is 2.25. The van der Waals surface area contributed by atoms with Crippen molar-refractivity contribution in [2.75, 3.05) is 41.3 Å². The third kappa shape index (κ3) is 8.11. The van der Waals surface area contributed by atoms with Gasteiger partial charge in [-0.15, -0.1) is 0 Å². The van der Waals surface area contributed by atoms with Crippen LogP contribution in [0.2, 0.25) is 0 Å². The third-order valence-corrected chi connectivity index (χ3v) is 4.91. The molecule has 0 bridgehead atoms. The van der Waals surface area contributed by atoms with Gasteiger partial charge >= 0.3 is 0 Å². The Morgan fingerprint density at radius 3 is 2.15 bits per heavy atom. The van der Waals surface area contributed by atoms with E-state index in [-0.39, 0.29) is 0 Å². The molecular formula is C25H36N2. The number of rotatable bonds is 11. The molecule has 2 nitrogen and oxygen atoms in total. The van der Waals surface area contributed by atoms with Gasteiger partial charge in [0.05, 0.1) is 0 Å². The Morgan fingerprint density at radius 2 is 1.44 bits per heavy atom. The maximum absolute atomic E-state index is 2.47. The Bertz CT molecular complexity index is 686. The van der Waals surface area contributed by atoms with Crippen LogP contribution in [0.25, 0.3) is 5.57 Å². The minimum absolute atomic E-state index is 1.10. The van der Waals surface area contributed by atoms with Crippen molar-refractivity contribution in [1.29, 1.82) is 0 Å². The molecular weight excluding hydrogens is 328 g/mol. The summed E-state index contributed by atoms with van der Waals surface area (Å²) in [6.45, 7) is 2.24. The minimum atomic E-state index is 1.10. The van der Waals surface area contributed by atoms with Crippen LogP contribution >= 0.6 is 0 Å². The largest absolute Gasteiger partial charge is 0.309 e. The van der Waals surface area contributed by atoms with Crippen molar-refractivity contribution in [3.05, 3.63) is 77.4 Å². The molecule has 0 heterocycles. The van der Waals surface area contributed by atoms with Crippen LogP contribution in [0.15, 0.2) is 60.7 Å². The summed E-state index contributed by atoms with van der Waals surface area (Å²) in [7, 11) is 8.60. The SMILES string of the molecule is CN(C)CC/C=C(/CCCN(C)C)c1ccccc1CCc1ccccc1. The van der Waals surface area contributed by atoms with Gasteiger partial charge in [-0.3, -0.25) is 0 Å². The first-order valence-corrected chi connectivity index (χ1v) is 10.2. The monoisotopic (exact) mass is 364 g/mol. The van der Waals surface area contributed by atoms with Crippen molar-refractivity contribution in [3.8, 4) is 0 Å². The van der Waals surface area contributed by atoms with Gasteiger partial charge in [0.2, 0.25) is 0 Å². The molecule has 0 aliphatic heterocycles. The van der Waals surface area contributed by atoms with Crippen molar-refractivity contribution in [1.82, 2.24) is 9.80 Å². The van der Waals surface area contributed by atoms with Crippen LogP contribution in [0.3, 0.4) is 0 Å². The lowest BCUT2D eigenvalue weighted by molar-refractivity contribution is 0.402. The van der Waals surface area contributed by atoms with E-state index in [1.54, 1.807) is 0 Å². The molecule has 0 N–H and O–H groups in total. The van der Waals surface area contributed by atoms with Crippen LogP contribution in [0.5, 0.6) is 0 Å². The number of hydrogen-bond acceptors (Lipinski definition) is 2. The molecule has 0 aliphatic rings. The lowest BCUT2D eigenvalue weighted by Gasteiger charge is -2.16. The van der Waals surface area contributed by atoms with Crippen LogP contribution in [0.4, 0.5) is 0 Å².